The summed E-state index contributed by atoms with van der Waals surface area (Å²) in [5.74, 6) is 0. The number of nitrogens with zero attached hydrogens (tertiary/aromatic N) is 1. The molecule has 0 aromatic heterocycles. The third-order valence-corrected chi connectivity index (χ3v) is 9.69. The predicted molar refractivity (Wildman–Crippen MR) is 93.4 cm³/mol. The van der Waals surface area contributed by atoms with E-state index in [-0.39, 0.29) is 5.04 Å². The zero-order valence-electron chi connectivity index (χ0n) is 14.5. The van der Waals surface area contributed by atoms with E-state index >= 15 is 0 Å². The van der Waals surface area contributed by atoms with Gasteiger partial charge in [-0.1, -0.05) is 32.9 Å². The van der Waals surface area contributed by atoms with Crippen molar-refractivity contribution in [3.63, 3.8) is 0 Å². The molecule has 0 radical (unpaired) electrons. The molecule has 1 aromatic rings. The largest absolute Gasteiger partial charge is 0.416 e. The van der Waals surface area contributed by atoms with E-state index in [9.17, 15) is 5.26 Å². The molecule has 1 aliphatic rings. The molecule has 1 atom stereocenters. The zero-order chi connectivity index (χ0) is 16.4. The molecule has 3 nitrogen and oxygen atoms in total. The highest BCUT2D eigenvalue weighted by atomic mass is 28.4. The quantitative estimate of drug-likeness (QED) is 0.655. The van der Waals surface area contributed by atoms with Crippen molar-refractivity contribution in [3.8, 4) is 6.07 Å². The Morgan fingerprint density at radius 1 is 1.36 bits per heavy atom. The number of benzene rings is 1. The molecule has 0 aliphatic heterocycles. The number of nitriles is 1. The van der Waals surface area contributed by atoms with Crippen LogP contribution in [0.15, 0.2) is 18.2 Å². The first-order valence-corrected chi connectivity index (χ1v) is 11.1. The Morgan fingerprint density at radius 2 is 2.09 bits per heavy atom. The second-order valence-electron chi connectivity index (χ2n) is 7.64. The lowest BCUT2D eigenvalue weighted by molar-refractivity contribution is 0.279. The Kier molecular flexibility index (Phi) is 5.11. The molecule has 0 unspecified atom stereocenters. The van der Waals surface area contributed by atoms with Gasteiger partial charge in [0.1, 0.15) is 0 Å². The van der Waals surface area contributed by atoms with Crippen LogP contribution < -0.4 is 5.32 Å². The van der Waals surface area contributed by atoms with E-state index in [1.807, 2.05) is 12.1 Å². The Hall–Kier alpha value is -1.15. The normalized spacial score (nSPS) is 18.1. The van der Waals surface area contributed by atoms with Gasteiger partial charge in [-0.25, -0.2) is 0 Å². The van der Waals surface area contributed by atoms with Crippen LogP contribution in [0.5, 0.6) is 0 Å². The van der Waals surface area contributed by atoms with Gasteiger partial charge in [0.25, 0.3) is 0 Å². The number of hydrogen-bond donors (Lipinski definition) is 1. The van der Waals surface area contributed by atoms with Crippen LogP contribution in [-0.2, 0) is 10.8 Å². The number of rotatable bonds is 5. The van der Waals surface area contributed by atoms with E-state index in [4.69, 9.17) is 4.43 Å². The second-order valence-corrected chi connectivity index (χ2v) is 12.4. The molecule has 0 amide bonds. The van der Waals surface area contributed by atoms with Gasteiger partial charge in [0, 0.05) is 19.2 Å². The third-order valence-electron chi connectivity index (χ3n) is 5.15. The Labute approximate surface area is 135 Å². The Balaban J connectivity index is 1.88. The van der Waals surface area contributed by atoms with Crippen LogP contribution >= 0.6 is 0 Å². The van der Waals surface area contributed by atoms with Gasteiger partial charge in [-0.3, -0.25) is 0 Å². The summed E-state index contributed by atoms with van der Waals surface area (Å²) in [4.78, 5) is 0. The van der Waals surface area contributed by atoms with Crippen LogP contribution in [0, 0.1) is 11.3 Å². The number of nitrogens with one attached hydrogen (secondary N) is 1. The second kappa shape index (κ2) is 6.53. The van der Waals surface area contributed by atoms with Crippen LogP contribution in [0.4, 0.5) is 0 Å². The van der Waals surface area contributed by atoms with E-state index in [0.717, 1.165) is 31.6 Å². The molecule has 1 aliphatic carbocycles. The van der Waals surface area contributed by atoms with Crippen molar-refractivity contribution in [1.29, 1.82) is 5.26 Å². The molecule has 0 bridgehead atoms. The molecule has 0 saturated heterocycles. The molecule has 1 aromatic carbocycles. The maximum absolute atomic E-state index is 9.18. The minimum absolute atomic E-state index is 0.259. The van der Waals surface area contributed by atoms with Crippen molar-refractivity contribution < 1.29 is 4.43 Å². The standard InChI is InChI=1S/C18H28N2OSi/c1-18(2,3)22(4,5)21-12-11-20-17-10-9-15-14(13-19)7-6-8-16(15)17/h6-8,17,20H,9-12H2,1-5H3/t17-/m0/s1. The lowest BCUT2D eigenvalue weighted by Gasteiger charge is -2.36. The monoisotopic (exact) mass is 316 g/mol. The minimum Gasteiger partial charge on any atom is -0.416 e. The summed E-state index contributed by atoms with van der Waals surface area (Å²) in [7, 11) is -1.65. The number of fused-ring (bicyclic) bond motifs is 1. The lowest BCUT2D eigenvalue weighted by Crippen LogP contribution is -2.42. The molecule has 22 heavy (non-hydrogen) atoms. The molecule has 4 heteroatoms. The number of hydrogen-bond acceptors (Lipinski definition) is 3. The minimum atomic E-state index is -1.65. The maximum Gasteiger partial charge on any atom is 0.192 e. The van der Waals surface area contributed by atoms with E-state index in [1.165, 1.54) is 11.1 Å². The van der Waals surface area contributed by atoms with Gasteiger partial charge in [0.2, 0.25) is 0 Å². The van der Waals surface area contributed by atoms with Crippen LogP contribution in [0.3, 0.4) is 0 Å². The molecule has 2 rings (SSSR count). The van der Waals surface area contributed by atoms with Crippen molar-refractivity contribution in [2.75, 3.05) is 13.2 Å². The zero-order valence-corrected chi connectivity index (χ0v) is 15.5. The SMILES string of the molecule is CC(C)(C)[Si](C)(C)OCCN[C@H]1CCc2c(C#N)cccc21. The van der Waals surface area contributed by atoms with Crippen molar-refractivity contribution in [1.82, 2.24) is 5.32 Å². The highest BCUT2D eigenvalue weighted by molar-refractivity contribution is 6.74. The Bertz CT molecular complexity index is 569. The van der Waals surface area contributed by atoms with Gasteiger partial charge in [0.05, 0.1) is 11.6 Å². The molecular weight excluding hydrogens is 288 g/mol. The third kappa shape index (κ3) is 3.60. The van der Waals surface area contributed by atoms with Gasteiger partial charge < -0.3 is 9.74 Å². The summed E-state index contributed by atoms with van der Waals surface area (Å²) >= 11 is 0. The highest BCUT2D eigenvalue weighted by Gasteiger charge is 2.36. The van der Waals surface area contributed by atoms with Crippen molar-refractivity contribution >= 4 is 8.32 Å². The fourth-order valence-electron chi connectivity index (χ4n) is 2.73. The maximum atomic E-state index is 9.18. The molecule has 0 spiro atoms. The smallest absolute Gasteiger partial charge is 0.192 e. The first-order valence-electron chi connectivity index (χ1n) is 8.15. The molecular formula is C18H28N2OSi. The summed E-state index contributed by atoms with van der Waals surface area (Å²) < 4.78 is 6.21. The summed E-state index contributed by atoms with van der Waals surface area (Å²) in [6, 6.07) is 8.73. The van der Waals surface area contributed by atoms with Crippen LogP contribution in [0.2, 0.25) is 18.1 Å². The summed E-state index contributed by atoms with van der Waals surface area (Å²) in [5.41, 5.74) is 3.36. The van der Waals surface area contributed by atoms with Crippen LogP contribution in [0.25, 0.3) is 0 Å². The van der Waals surface area contributed by atoms with Gasteiger partial charge in [-0.2, -0.15) is 5.26 Å². The van der Waals surface area contributed by atoms with Crippen LogP contribution in [0.1, 0.15) is 49.9 Å². The van der Waals surface area contributed by atoms with Gasteiger partial charge in [-0.15, -0.1) is 0 Å². The van der Waals surface area contributed by atoms with E-state index in [1.54, 1.807) is 0 Å². The average molecular weight is 317 g/mol. The van der Waals surface area contributed by atoms with Crippen molar-refractivity contribution in [3.05, 3.63) is 34.9 Å². The summed E-state index contributed by atoms with van der Waals surface area (Å²) in [6.07, 6.45) is 2.08. The van der Waals surface area contributed by atoms with E-state index in [2.05, 4.69) is 51.3 Å². The fourth-order valence-corrected chi connectivity index (χ4v) is 3.77. The summed E-state index contributed by atoms with van der Waals surface area (Å²) in [6.45, 7) is 13.0. The van der Waals surface area contributed by atoms with Gasteiger partial charge in [0.15, 0.2) is 8.32 Å². The molecule has 0 saturated carbocycles. The lowest BCUT2D eigenvalue weighted by atomic mass is 10.0. The molecule has 0 fully saturated rings. The topological polar surface area (TPSA) is 45.0 Å². The van der Waals surface area contributed by atoms with Gasteiger partial charge >= 0.3 is 0 Å². The molecule has 0 heterocycles. The van der Waals surface area contributed by atoms with Gasteiger partial charge in [-0.05, 0) is 48.2 Å². The first kappa shape index (κ1) is 17.2. The molecule has 1 N–H and O–H groups in total. The van der Waals surface area contributed by atoms with E-state index in [0.29, 0.717) is 6.04 Å². The van der Waals surface area contributed by atoms with Crippen molar-refractivity contribution in [2.45, 2.75) is 57.8 Å². The predicted octanol–water partition coefficient (Wildman–Crippen LogP) is 4.16. The molecule has 120 valence electrons. The van der Waals surface area contributed by atoms with E-state index < -0.39 is 8.32 Å². The summed E-state index contributed by atoms with van der Waals surface area (Å²) in [5, 5.41) is 13.0. The van der Waals surface area contributed by atoms with Crippen LogP contribution in [-0.4, -0.2) is 21.5 Å². The highest BCUT2D eigenvalue weighted by Crippen LogP contribution is 2.36. The first-order chi connectivity index (χ1) is 10.3. The Morgan fingerprint density at radius 3 is 2.73 bits per heavy atom. The average Bonchev–Trinajstić information content (AvgIpc) is 2.85. The van der Waals surface area contributed by atoms with Crippen molar-refractivity contribution in [2.24, 2.45) is 0 Å². The fraction of sp³-hybridized carbons (Fsp3) is 0.611.